The Morgan fingerprint density at radius 3 is 2.26 bits per heavy atom. The van der Waals surface area contributed by atoms with Crippen LogP contribution in [0.25, 0.3) is 0 Å². The van der Waals surface area contributed by atoms with Crippen molar-refractivity contribution in [1.82, 2.24) is 10.5 Å². The van der Waals surface area contributed by atoms with E-state index in [4.69, 9.17) is 9.26 Å². The number of nitrogens with zero attached hydrogens (tertiary/aromatic N) is 2. The van der Waals surface area contributed by atoms with Crippen molar-refractivity contribution >= 4 is 29.2 Å². The van der Waals surface area contributed by atoms with Gasteiger partial charge in [-0.15, -0.1) is 0 Å². The van der Waals surface area contributed by atoms with Gasteiger partial charge in [-0.25, -0.2) is 0 Å². The molecule has 1 aromatic heterocycles. The van der Waals surface area contributed by atoms with E-state index in [0.717, 1.165) is 11.1 Å². The van der Waals surface area contributed by atoms with Gasteiger partial charge in [-0.3, -0.25) is 19.3 Å². The van der Waals surface area contributed by atoms with Crippen LogP contribution < -0.4 is 20.3 Å². The third kappa shape index (κ3) is 7.69. The van der Waals surface area contributed by atoms with E-state index in [1.807, 2.05) is 52.8 Å². The molecule has 3 amide bonds. The van der Waals surface area contributed by atoms with E-state index < -0.39 is 11.6 Å². The molecule has 3 rings (SSSR count). The van der Waals surface area contributed by atoms with E-state index in [9.17, 15) is 14.4 Å². The predicted molar refractivity (Wildman–Crippen MR) is 151 cm³/mol. The number of aromatic nitrogens is 1. The SMILES string of the molecule is CCC(C)(C)NC(=O)[C@@H](c1ccc(OC)cc1)N(C(=O)CCC(=O)Nc1cc(C)on1)c1ccc(C)c(C)c1. The van der Waals surface area contributed by atoms with Gasteiger partial charge in [0.15, 0.2) is 5.82 Å². The second-order valence-electron chi connectivity index (χ2n) is 10.3. The highest BCUT2D eigenvalue weighted by Crippen LogP contribution is 2.32. The standard InChI is InChI=1S/C30H38N4O5/c1-8-30(5,6)32-29(37)28(22-10-13-24(38-7)14-11-22)34(23-12-9-19(2)20(3)17-23)27(36)16-15-26(35)31-25-18-21(4)39-33-25/h9-14,17-18,28H,8,15-16H2,1-7H3,(H,32,37)(H,31,33,35)/t28-/m1/s1. The maximum Gasteiger partial charge on any atom is 0.248 e. The first kappa shape index (κ1) is 29.4. The Balaban J connectivity index is 2.00. The summed E-state index contributed by atoms with van der Waals surface area (Å²) in [6.45, 7) is 11.5. The molecule has 2 aromatic carbocycles. The van der Waals surface area contributed by atoms with E-state index in [1.165, 1.54) is 4.90 Å². The van der Waals surface area contributed by atoms with Gasteiger partial charge in [-0.05, 0) is 82.0 Å². The summed E-state index contributed by atoms with van der Waals surface area (Å²) in [4.78, 5) is 41.9. The summed E-state index contributed by atoms with van der Waals surface area (Å²) in [5.74, 6) is 0.417. The number of benzene rings is 2. The molecule has 3 aromatic rings. The van der Waals surface area contributed by atoms with Crippen LogP contribution in [-0.4, -0.2) is 35.5 Å². The average Bonchev–Trinajstić information content (AvgIpc) is 3.31. The van der Waals surface area contributed by atoms with Gasteiger partial charge < -0.3 is 19.9 Å². The molecule has 0 unspecified atom stereocenters. The van der Waals surface area contributed by atoms with Crippen LogP contribution in [0.3, 0.4) is 0 Å². The number of nitrogens with one attached hydrogen (secondary N) is 2. The van der Waals surface area contributed by atoms with E-state index in [0.29, 0.717) is 29.2 Å². The van der Waals surface area contributed by atoms with Gasteiger partial charge in [-0.2, -0.15) is 0 Å². The van der Waals surface area contributed by atoms with Crippen molar-refractivity contribution in [2.45, 2.75) is 72.4 Å². The molecule has 0 saturated heterocycles. The number of ether oxygens (including phenoxy) is 1. The van der Waals surface area contributed by atoms with Crippen LogP contribution in [0.1, 0.15) is 68.5 Å². The first-order valence-corrected chi connectivity index (χ1v) is 13.0. The van der Waals surface area contributed by atoms with E-state index in [2.05, 4.69) is 15.8 Å². The zero-order valence-electron chi connectivity index (χ0n) is 23.8. The number of methoxy groups -OCH3 is 1. The van der Waals surface area contributed by atoms with Crippen LogP contribution in [0.15, 0.2) is 53.1 Å². The Hall–Kier alpha value is -4.14. The van der Waals surface area contributed by atoms with E-state index in [1.54, 1.807) is 44.4 Å². The molecule has 9 nitrogen and oxygen atoms in total. The smallest absolute Gasteiger partial charge is 0.248 e. The molecule has 1 atom stereocenters. The summed E-state index contributed by atoms with van der Waals surface area (Å²) in [6, 6.07) is 13.3. The lowest BCUT2D eigenvalue weighted by atomic mass is 9.97. The van der Waals surface area contributed by atoms with Crippen molar-refractivity contribution in [1.29, 1.82) is 0 Å². The summed E-state index contributed by atoms with van der Waals surface area (Å²) < 4.78 is 10.3. The molecule has 0 aliphatic carbocycles. The number of anilines is 2. The molecule has 0 aliphatic rings. The Labute approximate surface area is 229 Å². The molecule has 0 radical (unpaired) electrons. The number of hydrogen-bond acceptors (Lipinski definition) is 6. The summed E-state index contributed by atoms with van der Waals surface area (Å²) in [7, 11) is 1.57. The van der Waals surface area contributed by atoms with Gasteiger partial charge in [0.1, 0.15) is 17.6 Å². The number of aryl methyl sites for hydroxylation is 3. The minimum Gasteiger partial charge on any atom is -0.497 e. The molecule has 0 fully saturated rings. The zero-order valence-corrected chi connectivity index (χ0v) is 23.8. The summed E-state index contributed by atoms with van der Waals surface area (Å²) in [5, 5.41) is 9.51. The maximum atomic E-state index is 13.9. The van der Waals surface area contributed by atoms with Crippen LogP contribution in [0.4, 0.5) is 11.5 Å². The number of rotatable bonds is 11. The van der Waals surface area contributed by atoms with Crippen molar-refractivity contribution < 1.29 is 23.6 Å². The molecule has 208 valence electrons. The minimum absolute atomic E-state index is 0.0938. The van der Waals surface area contributed by atoms with Crippen LogP contribution >= 0.6 is 0 Å². The zero-order chi connectivity index (χ0) is 28.7. The molecule has 39 heavy (non-hydrogen) atoms. The average molecular weight is 535 g/mol. The van der Waals surface area contributed by atoms with Crippen molar-refractivity contribution in [3.63, 3.8) is 0 Å². The van der Waals surface area contributed by atoms with Gasteiger partial charge in [0.2, 0.25) is 17.7 Å². The Morgan fingerprint density at radius 1 is 1.00 bits per heavy atom. The number of carbonyl (C=O) groups is 3. The molecule has 1 heterocycles. The Kier molecular flexibility index (Phi) is 9.51. The lowest BCUT2D eigenvalue weighted by molar-refractivity contribution is -0.128. The first-order valence-electron chi connectivity index (χ1n) is 13.0. The highest BCUT2D eigenvalue weighted by Gasteiger charge is 2.35. The van der Waals surface area contributed by atoms with Crippen molar-refractivity contribution in [3.05, 3.63) is 71.0 Å². The van der Waals surface area contributed by atoms with Crippen LogP contribution in [0, 0.1) is 20.8 Å². The molecule has 9 heteroatoms. The van der Waals surface area contributed by atoms with E-state index >= 15 is 0 Å². The van der Waals surface area contributed by atoms with E-state index in [-0.39, 0.29) is 36.4 Å². The third-order valence-corrected chi connectivity index (χ3v) is 6.78. The monoisotopic (exact) mass is 534 g/mol. The van der Waals surface area contributed by atoms with Gasteiger partial charge in [-0.1, -0.05) is 30.3 Å². The lowest BCUT2D eigenvalue weighted by Crippen LogP contribution is -2.50. The lowest BCUT2D eigenvalue weighted by Gasteiger charge is -2.35. The number of carbonyl (C=O) groups excluding carboxylic acids is 3. The van der Waals surface area contributed by atoms with Crippen molar-refractivity contribution in [2.75, 3.05) is 17.3 Å². The highest BCUT2D eigenvalue weighted by molar-refractivity contribution is 6.03. The molecule has 0 spiro atoms. The predicted octanol–water partition coefficient (Wildman–Crippen LogP) is 5.41. The summed E-state index contributed by atoms with van der Waals surface area (Å²) >= 11 is 0. The summed E-state index contributed by atoms with van der Waals surface area (Å²) in [5.41, 5.74) is 2.74. The summed E-state index contributed by atoms with van der Waals surface area (Å²) in [6.07, 6.45) is 0.490. The topological polar surface area (TPSA) is 114 Å². The number of amides is 3. The van der Waals surface area contributed by atoms with Crippen LogP contribution in [0.5, 0.6) is 5.75 Å². The van der Waals surface area contributed by atoms with Gasteiger partial charge in [0.25, 0.3) is 0 Å². The first-order chi connectivity index (χ1) is 18.4. The largest absolute Gasteiger partial charge is 0.497 e. The molecular weight excluding hydrogens is 496 g/mol. The maximum absolute atomic E-state index is 13.9. The van der Waals surface area contributed by atoms with Gasteiger partial charge in [0.05, 0.1) is 7.11 Å². The fourth-order valence-corrected chi connectivity index (χ4v) is 3.98. The van der Waals surface area contributed by atoms with Crippen molar-refractivity contribution in [2.24, 2.45) is 0 Å². The Morgan fingerprint density at radius 2 is 1.69 bits per heavy atom. The molecular formula is C30H38N4O5. The molecule has 2 N–H and O–H groups in total. The third-order valence-electron chi connectivity index (χ3n) is 6.78. The fraction of sp³-hybridized carbons (Fsp3) is 0.400. The van der Waals surface area contributed by atoms with Gasteiger partial charge in [0, 0.05) is 30.1 Å². The minimum atomic E-state index is -0.974. The van der Waals surface area contributed by atoms with Crippen LogP contribution in [0.2, 0.25) is 0 Å². The molecule has 0 saturated carbocycles. The Bertz CT molecular complexity index is 1310. The second-order valence-corrected chi connectivity index (χ2v) is 10.3. The van der Waals surface area contributed by atoms with Gasteiger partial charge >= 0.3 is 0 Å². The quantitative estimate of drug-likeness (QED) is 0.340. The van der Waals surface area contributed by atoms with Crippen molar-refractivity contribution in [3.8, 4) is 5.75 Å². The highest BCUT2D eigenvalue weighted by atomic mass is 16.5. The molecule has 0 bridgehead atoms. The number of hydrogen-bond donors (Lipinski definition) is 2. The second kappa shape index (κ2) is 12.6. The normalized spacial score (nSPS) is 12.0. The molecule has 0 aliphatic heterocycles. The van der Waals surface area contributed by atoms with Crippen LogP contribution in [-0.2, 0) is 14.4 Å². The fourth-order valence-electron chi connectivity index (χ4n) is 3.98.